The van der Waals surface area contributed by atoms with Gasteiger partial charge in [0.1, 0.15) is 6.61 Å². The third-order valence-electron chi connectivity index (χ3n) is 2.14. The van der Waals surface area contributed by atoms with Crippen molar-refractivity contribution in [2.24, 2.45) is 0 Å². The van der Waals surface area contributed by atoms with E-state index in [1.165, 1.54) is 0 Å². The van der Waals surface area contributed by atoms with E-state index in [0.717, 1.165) is 5.56 Å². The molecule has 0 aliphatic rings. The first-order valence-corrected chi connectivity index (χ1v) is 6.73. The molecule has 1 aromatic rings. The van der Waals surface area contributed by atoms with Crippen LogP contribution in [0.2, 0.25) is 0 Å². The first kappa shape index (κ1) is 14.7. The van der Waals surface area contributed by atoms with E-state index in [4.69, 9.17) is 9.29 Å². The van der Waals surface area contributed by atoms with Gasteiger partial charge in [0.2, 0.25) is 0 Å². The smallest absolute Gasteiger partial charge is 0.407 e. The van der Waals surface area contributed by atoms with Crippen LogP contribution in [0.3, 0.4) is 0 Å². The first-order chi connectivity index (χ1) is 8.39. The van der Waals surface area contributed by atoms with Crippen molar-refractivity contribution in [3.8, 4) is 0 Å². The van der Waals surface area contributed by atoms with Gasteiger partial charge in [-0.3, -0.25) is 0 Å². The second-order valence-corrected chi connectivity index (χ2v) is 5.47. The van der Waals surface area contributed by atoms with Crippen molar-refractivity contribution >= 4 is 17.2 Å². The summed E-state index contributed by atoms with van der Waals surface area (Å²) >= 11 is -1.96. The predicted octanol–water partition coefficient (Wildman–Crippen LogP) is 1.91. The molecular weight excluding hydrogens is 254 g/mol. The Labute approximate surface area is 109 Å². The molecule has 0 radical (unpaired) electrons. The van der Waals surface area contributed by atoms with E-state index in [0.29, 0.717) is 0 Å². The average Bonchev–Trinajstić information content (AvgIpc) is 2.25. The van der Waals surface area contributed by atoms with Crippen LogP contribution in [-0.4, -0.2) is 26.1 Å². The molecule has 0 saturated heterocycles. The van der Waals surface area contributed by atoms with Gasteiger partial charge in [0.05, 0.1) is 11.3 Å². The molecule has 0 aliphatic heterocycles. The van der Waals surface area contributed by atoms with E-state index < -0.39 is 22.7 Å². The molecule has 0 saturated carbocycles. The van der Waals surface area contributed by atoms with Gasteiger partial charge in [-0.15, -0.1) is 0 Å². The summed E-state index contributed by atoms with van der Waals surface area (Å²) in [5, 5.41) is 2.54. The minimum absolute atomic E-state index is 0.0482. The zero-order valence-corrected chi connectivity index (χ0v) is 11.2. The van der Waals surface area contributed by atoms with Crippen molar-refractivity contribution < 1.29 is 18.3 Å². The number of nitrogens with one attached hydrogen (secondary N) is 1. The highest BCUT2D eigenvalue weighted by atomic mass is 32.2. The maximum Gasteiger partial charge on any atom is 0.407 e. The van der Waals surface area contributed by atoms with Crippen molar-refractivity contribution in [3.05, 3.63) is 35.9 Å². The number of rotatable bonds is 5. The van der Waals surface area contributed by atoms with Crippen molar-refractivity contribution in [1.29, 1.82) is 0 Å². The number of amides is 1. The quantitative estimate of drug-likeness (QED) is 0.802. The van der Waals surface area contributed by atoms with E-state index in [-0.39, 0.29) is 12.4 Å². The van der Waals surface area contributed by atoms with Crippen LogP contribution in [-0.2, 0) is 22.4 Å². The highest BCUT2D eigenvalue weighted by Gasteiger charge is 2.23. The molecule has 6 heteroatoms. The molecule has 1 unspecified atom stereocenters. The van der Waals surface area contributed by atoms with Crippen LogP contribution >= 0.6 is 0 Å². The number of ether oxygens (including phenoxy) is 1. The van der Waals surface area contributed by atoms with Crippen LogP contribution in [0.5, 0.6) is 0 Å². The summed E-state index contributed by atoms with van der Waals surface area (Å²) in [6.45, 7) is 3.49. The summed E-state index contributed by atoms with van der Waals surface area (Å²) in [6.07, 6.45) is -0.602. The van der Waals surface area contributed by atoms with Crippen molar-refractivity contribution in [2.45, 2.75) is 26.0 Å². The van der Waals surface area contributed by atoms with Gasteiger partial charge >= 0.3 is 6.09 Å². The van der Waals surface area contributed by atoms with Crippen molar-refractivity contribution in [3.63, 3.8) is 0 Å². The molecular formula is C12H17NO4S. The van der Waals surface area contributed by atoms with Crippen LogP contribution in [0.4, 0.5) is 4.79 Å². The average molecular weight is 271 g/mol. The highest BCUT2D eigenvalue weighted by Crippen LogP contribution is 2.06. The molecule has 1 atom stereocenters. The molecule has 0 aromatic heterocycles. The standard InChI is InChI=1S/C12H17NO4S/c1-12(2,9-18(15)16)13-11(14)17-8-10-6-4-3-5-7-10/h3-7H,8-9H2,1-2H3,(H,13,14)(H,15,16). The number of hydrogen-bond donors (Lipinski definition) is 2. The third-order valence-corrected chi connectivity index (χ3v) is 3.11. The maximum absolute atomic E-state index is 11.5. The lowest BCUT2D eigenvalue weighted by Gasteiger charge is -2.23. The number of benzene rings is 1. The SMILES string of the molecule is CC(C)(CS(=O)O)NC(=O)OCc1ccccc1. The molecule has 2 N–H and O–H groups in total. The highest BCUT2D eigenvalue weighted by molar-refractivity contribution is 7.79. The molecule has 1 amide bonds. The summed E-state index contributed by atoms with van der Waals surface area (Å²) in [5.74, 6) is -0.0482. The largest absolute Gasteiger partial charge is 0.445 e. The molecule has 5 nitrogen and oxygen atoms in total. The van der Waals surface area contributed by atoms with Gasteiger partial charge in [0.25, 0.3) is 0 Å². The van der Waals surface area contributed by atoms with Gasteiger partial charge in [-0.2, -0.15) is 0 Å². The Kier molecular flexibility index (Phi) is 5.30. The number of carbonyl (C=O) groups excluding carboxylic acids is 1. The lowest BCUT2D eigenvalue weighted by molar-refractivity contribution is 0.131. The Morgan fingerprint density at radius 1 is 1.39 bits per heavy atom. The summed E-state index contributed by atoms with van der Waals surface area (Å²) in [4.78, 5) is 11.5. The monoisotopic (exact) mass is 271 g/mol. The van der Waals surface area contributed by atoms with Gasteiger partial charge in [0, 0.05) is 0 Å². The Bertz CT molecular complexity index is 419. The van der Waals surface area contributed by atoms with Crippen molar-refractivity contribution in [2.75, 3.05) is 5.75 Å². The fraction of sp³-hybridized carbons (Fsp3) is 0.417. The van der Waals surface area contributed by atoms with E-state index >= 15 is 0 Å². The Hall–Kier alpha value is -1.40. The first-order valence-electron chi connectivity index (χ1n) is 5.45. The van der Waals surface area contributed by atoms with Gasteiger partial charge in [-0.05, 0) is 19.4 Å². The molecule has 0 fully saturated rings. The van der Waals surface area contributed by atoms with E-state index in [1.807, 2.05) is 30.3 Å². The topological polar surface area (TPSA) is 75.6 Å². The Balaban J connectivity index is 2.40. The van der Waals surface area contributed by atoms with Gasteiger partial charge in [-0.1, -0.05) is 30.3 Å². The van der Waals surface area contributed by atoms with Crippen LogP contribution in [0, 0.1) is 0 Å². The lowest BCUT2D eigenvalue weighted by Crippen LogP contribution is -2.47. The normalized spacial score (nSPS) is 12.8. The number of alkyl carbamates (subject to hydrolysis) is 1. The van der Waals surface area contributed by atoms with Crippen LogP contribution in [0.15, 0.2) is 30.3 Å². The Morgan fingerprint density at radius 3 is 2.56 bits per heavy atom. The zero-order chi connectivity index (χ0) is 13.6. The summed E-state index contributed by atoms with van der Waals surface area (Å²) in [6, 6.07) is 9.29. The predicted molar refractivity (Wildman–Crippen MR) is 69.5 cm³/mol. The lowest BCUT2D eigenvalue weighted by atomic mass is 10.1. The maximum atomic E-state index is 11.5. The Morgan fingerprint density at radius 2 is 2.00 bits per heavy atom. The van der Waals surface area contributed by atoms with E-state index in [2.05, 4.69) is 5.32 Å². The fourth-order valence-corrected chi connectivity index (χ4v) is 2.07. The molecule has 1 rings (SSSR count). The minimum Gasteiger partial charge on any atom is -0.445 e. The third kappa shape index (κ3) is 5.79. The number of carbonyl (C=O) groups is 1. The summed E-state index contributed by atoms with van der Waals surface area (Å²) < 4.78 is 24.5. The molecule has 0 heterocycles. The molecule has 0 spiro atoms. The second-order valence-electron chi connectivity index (χ2n) is 4.54. The van der Waals surface area contributed by atoms with E-state index in [9.17, 15) is 9.00 Å². The molecule has 0 bridgehead atoms. The zero-order valence-electron chi connectivity index (χ0n) is 10.4. The summed E-state index contributed by atoms with van der Waals surface area (Å²) in [5.41, 5.74) is 0.101. The van der Waals surface area contributed by atoms with Gasteiger partial charge < -0.3 is 14.6 Å². The molecule has 1 aromatic carbocycles. The molecule has 100 valence electrons. The van der Waals surface area contributed by atoms with Crippen LogP contribution in [0.25, 0.3) is 0 Å². The fourth-order valence-electron chi connectivity index (χ4n) is 1.38. The summed E-state index contributed by atoms with van der Waals surface area (Å²) in [7, 11) is 0. The second kappa shape index (κ2) is 6.51. The van der Waals surface area contributed by atoms with Gasteiger partial charge in [0.15, 0.2) is 11.1 Å². The van der Waals surface area contributed by atoms with Gasteiger partial charge in [-0.25, -0.2) is 9.00 Å². The van der Waals surface area contributed by atoms with Crippen molar-refractivity contribution in [1.82, 2.24) is 5.32 Å². The molecule has 0 aliphatic carbocycles. The van der Waals surface area contributed by atoms with E-state index in [1.54, 1.807) is 13.8 Å². The molecule has 18 heavy (non-hydrogen) atoms. The van der Waals surface area contributed by atoms with Crippen LogP contribution < -0.4 is 5.32 Å². The number of hydrogen-bond acceptors (Lipinski definition) is 3. The van der Waals surface area contributed by atoms with Crippen LogP contribution in [0.1, 0.15) is 19.4 Å². The minimum atomic E-state index is -1.96.